The lowest BCUT2D eigenvalue weighted by Gasteiger charge is -2.25. The topological polar surface area (TPSA) is 57.6 Å². The van der Waals surface area contributed by atoms with Crippen LogP contribution >= 0.6 is 0 Å². The van der Waals surface area contributed by atoms with Gasteiger partial charge in [-0.15, -0.1) is 0 Å². The minimum absolute atomic E-state index is 0.278. The summed E-state index contributed by atoms with van der Waals surface area (Å²) in [6, 6.07) is 15.8. The van der Waals surface area contributed by atoms with Crippen molar-refractivity contribution in [1.29, 1.82) is 0 Å². The van der Waals surface area contributed by atoms with Crippen molar-refractivity contribution in [1.82, 2.24) is 0 Å². The molecule has 0 aliphatic heterocycles. The zero-order chi connectivity index (χ0) is 16.0. The zero-order valence-electron chi connectivity index (χ0n) is 12.0. The van der Waals surface area contributed by atoms with Crippen molar-refractivity contribution in [2.24, 2.45) is 0 Å². The molecule has 1 N–H and O–H groups in total. The second-order valence-corrected chi connectivity index (χ2v) is 6.60. The molecule has 2 aromatic carbocycles. The SMILES string of the molecule is O=S(=O)(O)CCCN(Cc1ccc(F)cc1)c1ccccc1. The van der Waals surface area contributed by atoms with Gasteiger partial charge >= 0.3 is 0 Å². The molecule has 0 heterocycles. The van der Waals surface area contributed by atoms with Gasteiger partial charge in [-0.1, -0.05) is 30.3 Å². The van der Waals surface area contributed by atoms with Gasteiger partial charge in [0.1, 0.15) is 5.82 Å². The predicted molar refractivity (Wildman–Crippen MR) is 84.9 cm³/mol. The van der Waals surface area contributed by atoms with E-state index < -0.39 is 10.1 Å². The molecule has 22 heavy (non-hydrogen) atoms. The van der Waals surface area contributed by atoms with Crippen molar-refractivity contribution >= 4 is 15.8 Å². The van der Waals surface area contributed by atoms with Gasteiger partial charge in [-0.25, -0.2) is 4.39 Å². The summed E-state index contributed by atoms with van der Waals surface area (Å²) in [5.74, 6) is -0.568. The molecule has 2 rings (SSSR count). The van der Waals surface area contributed by atoms with Crippen LogP contribution in [0.2, 0.25) is 0 Å². The van der Waals surface area contributed by atoms with Gasteiger partial charge in [0, 0.05) is 18.8 Å². The van der Waals surface area contributed by atoms with Gasteiger partial charge in [-0.3, -0.25) is 4.55 Å². The van der Waals surface area contributed by atoms with E-state index in [-0.39, 0.29) is 11.6 Å². The number of rotatable bonds is 7. The number of para-hydroxylation sites is 1. The monoisotopic (exact) mass is 323 g/mol. The Morgan fingerprint density at radius 1 is 1.00 bits per heavy atom. The average molecular weight is 323 g/mol. The van der Waals surface area contributed by atoms with E-state index in [4.69, 9.17) is 4.55 Å². The van der Waals surface area contributed by atoms with Crippen LogP contribution in [0.25, 0.3) is 0 Å². The predicted octanol–water partition coefficient (Wildman–Crippen LogP) is 3.11. The quantitative estimate of drug-likeness (QED) is 0.796. The Kier molecular flexibility index (Phi) is 5.51. The molecule has 0 spiro atoms. The molecule has 0 amide bonds. The summed E-state index contributed by atoms with van der Waals surface area (Å²) < 4.78 is 43.5. The summed E-state index contributed by atoms with van der Waals surface area (Å²) in [7, 11) is -3.96. The summed E-state index contributed by atoms with van der Waals surface area (Å²) in [6.07, 6.45) is 0.314. The molecule has 0 bridgehead atoms. The summed E-state index contributed by atoms with van der Waals surface area (Å²) in [5, 5.41) is 0. The van der Waals surface area contributed by atoms with Crippen molar-refractivity contribution in [3.63, 3.8) is 0 Å². The molecular formula is C16H18FNO3S. The van der Waals surface area contributed by atoms with Crippen molar-refractivity contribution in [2.45, 2.75) is 13.0 Å². The van der Waals surface area contributed by atoms with Crippen LogP contribution in [0.1, 0.15) is 12.0 Å². The Morgan fingerprint density at radius 3 is 2.23 bits per heavy atom. The normalized spacial score (nSPS) is 11.4. The highest BCUT2D eigenvalue weighted by molar-refractivity contribution is 7.85. The minimum atomic E-state index is -3.96. The molecule has 0 aromatic heterocycles. The van der Waals surface area contributed by atoms with E-state index in [0.717, 1.165) is 11.3 Å². The van der Waals surface area contributed by atoms with E-state index in [2.05, 4.69) is 0 Å². The molecule has 2 aromatic rings. The van der Waals surface area contributed by atoms with Crippen LogP contribution < -0.4 is 4.90 Å². The van der Waals surface area contributed by atoms with Gasteiger partial charge in [0.15, 0.2) is 0 Å². The minimum Gasteiger partial charge on any atom is -0.367 e. The third kappa shape index (κ3) is 5.46. The number of hydrogen-bond acceptors (Lipinski definition) is 3. The highest BCUT2D eigenvalue weighted by atomic mass is 32.2. The maximum absolute atomic E-state index is 13.0. The third-order valence-electron chi connectivity index (χ3n) is 3.24. The lowest BCUT2D eigenvalue weighted by atomic mass is 10.2. The molecule has 0 unspecified atom stereocenters. The first-order valence-electron chi connectivity index (χ1n) is 6.94. The van der Waals surface area contributed by atoms with Crippen LogP contribution in [0.5, 0.6) is 0 Å². The number of benzene rings is 2. The fraction of sp³-hybridized carbons (Fsp3) is 0.250. The molecule has 0 aliphatic carbocycles. The van der Waals surface area contributed by atoms with Crippen LogP contribution in [0, 0.1) is 5.82 Å². The summed E-state index contributed by atoms with van der Waals surface area (Å²) >= 11 is 0. The smallest absolute Gasteiger partial charge is 0.264 e. The van der Waals surface area contributed by atoms with Crippen molar-refractivity contribution in [3.05, 3.63) is 66.0 Å². The van der Waals surface area contributed by atoms with E-state index >= 15 is 0 Å². The van der Waals surface area contributed by atoms with Crippen molar-refractivity contribution in [2.75, 3.05) is 17.2 Å². The van der Waals surface area contributed by atoms with E-state index in [1.807, 2.05) is 35.2 Å². The number of halogens is 1. The van der Waals surface area contributed by atoms with Gasteiger partial charge < -0.3 is 4.90 Å². The molecule has 6 heteroatoms. The molecular weight excluding hydrogens is 305 g/mol. The molecule has 0 saturated heterocycles. The maximum Gasteiger partial charge on any atom is 0.264 e. The van der Waals surface area contributed by atoms with Crippen LogP contribution in [0.3, 0.4) is 0 Å². The standard InChI is InChI=1S/C16H18FNO3S/c17-15-9-7-14(8-10-15)13-18(11-4-12-22(19,20)21)16-5-2-1-3-6-16/h1-3,5-10H,4,11-13H2,(H,19,20,21). The van der Waals surface area contributed by atoms with Crippen molar-refractivity contribution in [3.8, 4) is 0 Å². The molecule has 0 radical (unpaired) electrons. The van der Waals surface area contributed by atoms with Gasteiger partial charge in [-0.2, -0.15) is 8.42 Å². The van der Waals surface area contributed by atoms with Crippen LogP contribution in [0.15, 0.2) is 54.6 Å². The Morgan fingerprint density at radius 2 is 1.64 bits per heavy atom. The van der Waals surface area contributed by atoms with Crippen LogP contribution in [-0.4, -0.2) is 25.3 Å². The van der Waals surface area contributed by atoms with Gasteiger partial charge in [0.2, 0.25) is 0 Å². The Balaban J connectivity index is 2.09. The lowest BCUT2D eigenvalue weighted by Crippen LogP contribution is -2.25. The number of nitrogens with zero attached hydrogens (tertiary/aromatic N) is 1. The van der Waals surface area contributed by atoms with Crippen LogP contribution in [-0.2, 0) is 16.7 Å². The summed E-state index contributed by atoms with van der Waals surface area (Å²) in [4.78, 5) is 2.00. The molecule has 4 nitrogen and oxygen atoms in total. The largest absolute Gasteiger partial charge is 0.367 e. The highest BCUT2D eigenvalue weighted by Crippen LogP contribution is 2.17. The fourth-order valence-corrected chi connectivity index (χ4v) is 2.68. The highest BCUT2D eigenvalue weighted by Gasteiger charge is 2.10. The van der Waals surface area contributed by atoms with Crippen molar-refractivity contribution < 1.29 is 17.4 Å². The summed E-state index contributed by atoms with van der Waals surface area (Å²) in [6.45, 7) is 1.01. The molecule has 0 atom stereocenters. The lowest BCUT2D eigenvalue weighted by molar-refractivity contribution is 0.481. The molecule has 0 aliphatic rings. The fourth-order valence-electron chi connectivity index (χ4n) is 2.19. The van der Waals surface area contributed by atoms with E-state index in [9.17, 15) is 12.8 Å². The Bertz CT molecular complexity index is 687. The first kappa shape index (κ1) is 16.5. The van der Waals surface area contributed by atoms with Crippen LogP contribution in [0.4, 0.5) is 10.1 Å². The maximum atomic E-state index is 13.0. The van der Waals surface area contributed by atoms with E-state index in [0.29, 0.717) is 19.5 Å². The van der Waals surface area contributed by atoms with Gasteiger partial charge in [0.25, 0.3) is 10.1 Å². The summed E-state index contributed by atoms with van der Waals surface area (Å²) in [5.41, 5.74) is 1.87. The first-order chi connectivity index (χ1) is 10.4. The van der Waals surface area contributed by atoms with Gasteiger partial charge in [-0.05, 0) is 36.2 Å². The number of anilines is 1. The third-order valence-corrected chi connectivity index (χ3v) is 4.04. The Hall–Kier alpha value is -1.92. The van der Waals surface area contributed by atoms with Gasteiger partial charge in [0.05, 0.1) is 5.75 Å². The molecule has 0 saturated carbocycles. The molecule has 118 valence electrons. The zero-order valence-corrected chi connectivity index (χ0v) is 12.8. The Labute approximate surface area is 130 Å². The number of hydrogen-bond donors (Lipinski definition) is 1. The van der Waals surface area contributed by atoms with E-state index in [1.165, 1.54) is 12.1 Å². The second-order valence-electron chi connectivity index (χ2n) is 5.02. The van der Waals surface area contributed by atoms with E-state index in [1.54, 1.807) is 12.1 Å². The molecule has 0 fully saturated rings. The average Bonchev–Trinajstić information content (AvgIpc) is 2.48. The first-order valence-corrected chi connectivity index (χ1v) is 8.54. The second kappa shape index (κ2) is 7.38.